The zero-order chi connectivity index (χ0) is 20.3. The summed E-state index contributed by atoms with van der Waals surface area (Å²) in [6, 6.07) is 7.01. The third kappa shape index (κ3) is 4.35. The van der Waals surface area contributed by atoms with E-state index in [1.807, 2.05) is 0 Å². The summed E-state index contributed by atoms with van der Waals surface area (Å²) in [4.78, 5) is 26.7. The number of anilines is 1. The molecule has 0 aliphatic rings. The molecule has 0 unspecified atom stereocenters. The third-order valence-corrected chi connectivity index (χ3v) is 4.80. The van der Waals surface area contributed by atoms with Gasteiger partial charge in [0.1, 0.15) is 17.9 Å². The first-order chi connectivity index (χ1) is 13.4. The molecule has 8 nitrogen and oxygen atoms in total. The number of hydrogen-bond donors (Lipinski definition) is 2. The fraction of sp³-hybridized carbons (Fsp3) is 0.222. The number of rotatable bonds is 6. The molecule has 3 aromatic rings. The molecule has 0 fully saturated rings. The average Bonchev–Trinajstić information content (AvgIpc) is 3.23. The number of H-pyrrole nitrogens is 1. The molecule has 1 amide bonds. The van der Waals surface area contributed by atoms with E-state index in [2.05, 4.69) is 20.6 Å². The number of carbonyl (C=O) groups excluding carboxylic acids is 2. The second-order valence-corrected chi connectivity index (χ2v) is 6.65. The quantitative estimate of drug-likeness (QED) is 0.590. The van der Waals surface area contributed by atoms with Crippen molar-refractivity contribution in [3.8, 4) is 11.3 Å². The number of ether oxygens (including phenoxy) is 1. The van der Waals surface area contributed by atoms with Gasteiger partial charge in [-0.25, -0.2) is 4.68 Å². The average molecular weight is 422 g/mol. The lowest BCUT2D eigenvalue weighted by Crippen LogP contribution is -2.13. The van der Waals surface area contributed by atoms with Gasteiger partial charge in [0.15, 0.2) is 0 Å². The van der Waals surface area contributed by atoms with Crippen LogP contribution in [0, 0.1) is 6.92 Å². The largest absolute Gasteiger partial charge is 0.465 e. The number of benzene rings is 1. The zero-order valence-electron chi connectivity index (χ0n) is 15.1. The highest BCUT2D eigenvalue weighted by atomic mass is 35.5. The minimum Gasteiger partial charge on any atom is -0.465 e. The molecule has 2 N–H and O–H groups in total. The van der Waals surface area contributed by atoms with Crippen LogP contribution < -0.4 is 5.32 Å². The normalized spacial score (nSPS) is 10.7. The van der Waals surface area contributed by atoms with Gasteiger partial charge < -0.3 is 15.0 Å². The Balaban J connectivity index is 1.68. The number of esters is 1. The van der Waals surface area contributed by atoms with Gasteiger partial charge in [-0.1, -0.05) is 40.5 Å². The molecule has 0 aliphatic carbocycles. The standard InChI is InChI=1S/C18H17Cl2N5O3/c1-3-28-14(26)9-25-8-13(23-24-25)11-4-6-12(7-5-11)22-18(27)17-16(20)15(19)10(2)21-17/h4-8,21H,3,9H2,1-2H3,(H,22,27). The SMILES string of the molecule is CCOC(=O)Cn1cc(-c2ccc(NC(=O)c3[nH]c(C)c(Cl)c3Cl)cc2)nn1. The summed E-state index contributed by atoms with van der Waals surface area (Å²) in [5.41, 5.74) is 2.78. The summed E-state index contributed by atoms with van der Waals surface area (Å²) >= 11 is 12.1. The number of aromatic nitrogens is 4. The van der Waals surface area contributed by atoms with Gasteiger partial charge in [0.2, 0.25) is 0 Å². The molecule has 146 valence electrons. The molecule has 1 aromatic carbocycles. The van der Waals surface area contributed by atoms with Crippen molar-refractivity contribution in [2.75, 3.05) is 11.9 Å². The maximum atomic E-state index is 12.4. The number of amides is 1. The number of aromatic amines is 1. The first-order valence-corrected chi connectivity index (χ1v) is 9.15. The van der Waals surface area contributed by atoms with Crippen LogP contribution in [0.1, 0.15) is 23.1 Å². The zero-order valence-corrected chi connectivity index (χ0v) is 16.6. The molecule has 0 radical (unpaired) electrons. The third-order valence-electron chi connectivity index (χ3n) is 3.85. The summed E-state index contributed by atoms with van der Waals surface area (Å²) < 4.78 is 6.28. The summed E-state index contributed by atoms with van der Waals surface area (Å²) in [5.74, 6) is -0.775. The second kappa shape index (κ2) is 8.45. The van der Waals surface area contributed by atoms with Crippen molar-refractivity contribution in [1.29, 1.82) is 0 Å². The lowest BCUT2D eigenvalue weighted by molar-refractivity contribution is -0.144. The van der Waals surface area contributed by atoms with Crippen molar-refractivity contribution in [3.63, 3.8) is 0 Å². The van der Waals surface area contributed by atoms with Crippen molar-refractivity contribution in [3.05, 3.63) is 51.9 Å². The molecule has 0 aliphatic heterocycles. The molecule has 0 saturated carbocycles. The minimum atomic E-state index is -0.395. The molecule has 28 heavy (non-hydrogen) atoms. The van der Waals surface area contributed by atoms with Crippen LogP contribution >= 0.6 is 23.2 Å². The highest BCUT2D eigenvalue weighted by Gasteiger charge is 2.18. The van der Waals surface area contributed by atoms with Gasteiger partial charge in [-0.05, 0) is 26.0 Å². The van der Waals surface area contributed by atoms with Crippen molar-refractivity contribution in [2.24, 2.45) is 0 Å². The van der Waals surface area contributed by atoms with Crippen molar-refractivity contribution in [1.82, 2.24) is 20.0 Å². The van der Waals surface area contributed by atoms with Crippen molar-refractivity contribution >= 4 is 40.8 Å². The fourth-order valence-electron chi connectivity index (χ4n) is 2.49. The van der Waals surface area contributed by atoms with Crippen LogP contribution in [0.2, 0.25) is 10.0 Å². The van der Waals surface area contributed by atoms with Gasteiger partial charge in [0.25, 0.3) is 5.91 Å². The number of aryl methyl sites for hydroxylation is 1. The number of halogens is 2. The predicted molar refractivity (Wildman–Crippen MR) is 106 cm³/mol. The maximum Gasteiger partial charge on any atom is 0.327 e. The van der Waals surface area contributed by atoms with Gasteiger partial charge >= 0.3 is 5.97 Å². The van der Waals surface area contributed by atoms with Crippen LogP contribution in [0.15, 0.2) is 30.5 Å². The summed E-state index contributed by atoms with van der Waals surface area (Å²) in [7, 11) is 0. The Labute approximate surface area is 170 Å². The Morgan fingerprint density at radius 3 is 2.54 bits per heavy atom. The Morgan fingerprint density at radius 1 is 1.21 bits per heavy atom. The molecule has 10 heteroatoms. The van der Waals surface area contributed by atoms with Crippen molar-refractivity contribution < 1.29 is 14.3 Å². The molecular formula is C18H17Cl2N5O3. The van der Waals surface area contributed by atoms with Crippen molar-refractivity contribution in [2.45, 2.75) is 20.4 Å². The Morgan fingerprint density at radius 2 is 1.93 bits per heavy atom. The monoisotopic (exact) mass is 421 g/mol. The molecule has 2 heterocycles. The maximum absolute atomic E-state index is 12.4. The van der Waals surface area contributed by atoms with Gasteiger partial charge in [0, 0.05) is 16.9 Å². The van der Waals surface area contributed by atoms with Gasteiger partial charge in [-0.3, -0.25) is 9.59 Å². The Hall–Kier alpha value is -2.84. The predicted octanol–water partition coefficient (Wildman–Crippen LogP) is 3.70. The molecular weight excluding hydrogens is 405 g/mol. The molecule has 2 aromatic heterocycles. The van der Waals surface area contributed by atoms with E-state index in [0.717, 1.165) is 5.56 Å². The first-order valence-electron chi connectivity index (χ1n) is 8.40. The van der Waals surface area contributed by atoms with E-state index >= 15 is 0 Å². The van der Waals surface area contributed by atoms with Crippen LogP contribution in [-0.4, -0.2) is 38.5 Å². The lowest BCUT2D eigenvalue weighted by Gasteiger charge is -2.05. The summed E-state index contributed by atoms with van der Waals surface area (Å²) in [6.07, 6.45) is 1.65. The van der Waals surface area contributed by atoms with Gasteiger partial charge in [-0.2, -0.15) is 0 Å². The highest BCUT2D eigenvalue weighted by Crippen LogP contribution is 2.29. The van der Waals surface area contributed by atoms with E-state index in [0.29, 0.717) is 28.7 Å². The molecule has 0 atom stereocenters. The fourth-order valence-corrected chi connectivity index (χ4v) is 2.91. The van der Waals surface area contributed by atoms with E-state index < -0.39 is 5.91 Å². The van der Waals surface area contributed by atoms with Crippen LogP contribution in [-0.2, 0) is 16.1 Å². The first kappa shape index (κ1) is 19.9. The van der Waals surface area contributed by atoms with Gasteiger partial charge in [-0.15, -0.1) is 5.10 Å². The Bertz CT molecular complexity index is 1010. The van der Waals surface area contributed by atoms with E-state index in [4.69, 9.17) is 27.9 Å². The van der Waals surface area contributed by atoms with Crippen LogP contribution in [0.3, 0.4) is 0 Å². The van der Waals surface area contributed by atoms with Gasteiger partial charge in [0.05, 0.1) is 22.8 Å². The number of nitrogens with zero attached hydrogens (tertiary/aromatic N) is 3. The lowest BCUT2D eigenvalue weighted by atomic mass is 10.1. The number of hydrogen-bond acceptors (Lipinski definition) is 5. The van der Waals surface area contributed by atoms with Crippen LogP contribution in [0.25, 0.3) is 11.3 Å². The summed E-state index contributed by atoms with van der Waals surface area (Å²) in [6.45, 7) is 3.78. The Kier molecular flexibility index (Phi) is 6.01. The molecule has 0 bridgehead atoms. The van der Waals surface area contributed by atoms with E-state index in [-0.39, 0.29) is 23.2 Å². The van der Waals surface area contributed by atoms with E-state index in [1.165, 1.54) is 4.68 Å². The second-order valence-electron chi connectivity index (χ2n) is 5.89. The van der Waals surface area contributed by atoms with E-state index in [9.17, 15) is 9.59 Å². The number of nitrogens with one attached hydrogen (secondary N) is 2. The topological polar surface area (TPSA) is 102 Å². The highest BCUT2D eigenvalue weighted by molar-refractivity contribution is 6.44. The molecule has 3 rings (SSSR count). The van der Waals surface area contributed by atoms with Crippen LogP contribution in [0.4, 0.5) is 5.69 Å². The minimum absolute atomic E-state index is 0.00609. The van der Waals surface area contributed by atoms with Crippen LogP contribution in [0.5, 0.6) is 0 Å². The summed E-state index contributed by atoms with van der Waals surface area (Å²) in [5, 5.41) is 11.2. The smallest absolute Gasteiger partial charge is 0.327 e. The number of carbonyl (C=O) groups is 2. The molecule has 0 saturated heterocycles. The van der Waals surface area contributed by atoms with E-state index in [1.54, 1.807) is 44.3 Å². The molecule has 0 spiro atoms.